The van der Waals surface area contributed by atoms with Crippen molar-refractivity contribution in [3.63, 3.8) is 0 Å². The maximum atomic E-state index is 12.9. The molecule has 1 aromatic heterocycles. The van der Waals surface area contributed by atoms with Crippen LogP contribution in [0, 0.1) is 6.92 Å². The van der Waals surface area contributed by atoms with E-state index in [0.29, 0.717) is 37.3 Å². The predicted octanol–water partition coefficient (Wildman–Crippen LogP) is 2.99. The van der Waals surface area contributed by atoms with Crippen LogP contribution in [-0.4, -0.2) is 54.7 Å². The third kappa shape index (κ3) is 4.53. The minimum Gasteiger partial charge on any atom is -0.507 e. The summed E-state index contributed by atoms with van der Waals surface area (Å²) in [5.74, 6) is 0.207. The molecule has 3 rings (SSSR count). The van der Waals surface area contributed by atoms with Crippen LogP contribution in [0.25, 0.3) is 11.3 Å². The number of halogens is 3. The fraction of sp³-hybridized carbons (Fsp3) is 0.474. The third-order valence-electron chi connectivity index (χ3n) is 4.73. The van der Waals surface area contributed by atoms with E-state index in [-0.39, 0.29) is 17.2 Å². The molecule has 1 aromatic carbocycles. The van der Waals surface area contributed by atoms with Crippen LogP contribution in [0.15, 0.2) is 24.3 Å². The molecule has 28 heavy (non-hydrogen) atoms. The van der Waals surface area contributed by atoms with Crippen LogP contribution in [-0.2, 0) is 10.9 Å². The summed E-state index contributed by atoms with van der Waals surface area (Å²) in [5, 5.41) is 21.6. The van der Waals surface area contributed by atoms with E-state index in [0.717, 1.165) is 19.0 Å². The van der Waals surface area contributed by atoms with E-state index in [1.165, 1.54) is 6.92 Å². The average Bonchev–Trinajstić information content (AvgIpc) is 2.66. The van der Waals surface area contributed by atoms with Gasteiger partial charge in [-0.2, -0.15) is 13.2 Å². The Hall–Kier alpha value is -2.39. The highest BCUT2D eigenvalue weighted by atomic mass is 19.4. The molecule has 0 aliphatic carbocycles. The number of benzene rings is 1. The zero-order valence-corrected chi connectivity index (χ0v) is 15.8. The minimum absolute atomic E-state index is 0.101. The molecule has 6 nitrogen and oxygen atoms in total. The predicted molar refractivity (Wildman–Crippen MR) is 99.4 cm³/mol. The van der Waals surface area contributed by atoms with Crippen molar-refractivity contribution in [3.05, 3.63) is 35.4 Å². The van der Waals surface area contributed by atoms with Crippen molar-refractivity contribution in [2.45, 2.75) is 25.6 Å². The summed E-state index contributed by atoms with van der Waals surface area (Å²) in [6.07, 6.45) is -3.53. The second-order valence-electron chi connectivity index (χ2n) is 6.79. The molecule has 9 heteroatoms. The van der Waals surface area contributed by atoms with E-state index in [2.05, 4.69) is 20.4 Å². The molecule has 1 fully saturated rings. The number of hydrogen-bond donors (Lipinski definition) is 2. The smallest absolute Gasteiger partial charge is 0.416 e. The molecule has 1 saturated heterocycles. The maximum Gasteiger partial charge on any atom is 0.416 e. The number of aryl methyl sites for hydroxylation is 1. The second kappa shape index (κ2) is 8.32. The second-order valence-corrected chi connectivity index (χ2v) is 6.79. The fourth-order valence-electron chi connectivity index (χ4n) is 3.30. The van der Waals surface area contributed by atoms with Gasteiger partial charge in [-0.05, 0) is 56.8 Å². The molecule has 0 bridgehead atoms. The summed E-state index contributed by atoms with van der Waals surface area (Å²) in [7, 11) is 1.89. The zero-order chi connectivity index (χ0) is 20.3. The van der Waals surface area contributed by atoms with Crippen LogP contribution in [0.4, 0.5) is 19.0 Å². The van der Waals surface area contributed by atoms with Crippen LogP contribution in [0.3, 0.4) is 0 Å². The average molecular weight is 396 g/mol. The monoisotopic (exact) mass is 396 g/mol. The van der Waals surface area contributed by atoms with Gasteiger partial charge in [0.2, 0.25) is 0 Å². The van der Waals surface area contributed by atoms with E-state index in [1.54, 1.807) is 12.1 Å². The summed E-state index contributed by atoms with van der Waals surface area (Å²) in [6.45, 7) is 4.34. The van der Waals surface area contributed by atoms with Crippen molar-refractivity contribution in [2.75, 3.05) is 38.2 Å². The topological polar surface area (TPSA) is 70.5 Å². The Morgan fingerprint density at radius 3 is 2.68 bits per heavy atom. The highest BCUT2D eigenvalue weighted by Crippen LogP contribution is 2.38. The van der Waals surface area contributed by atoms with Gasteiger partial charge in [0.25, 0.3) is 0 Å². The molecule has 2 heterocycles. The quantitative estimate of drug-likeness (QED) is 0.810. The van der Waals surface area contributed by atoms with Gasteiger partial charge in [-0.15, -0.1) is 10.2 Å². The number of alkyl halides is 3. The van der Waals surface area contributed by atoms with Crippen molar-refractivity contribution < 1.29 is 23.0 Å². The van der Waals surface area contributed by atoms with Crippen molar-refractivity contribution in [3.8, 4) is 17.0 Å². The first-order valence-corrected chi connectivity index (χ1v) is 9.05. The van der Waals surface area contributed by atoms with Crippen molar-refractivity contribution in [1.29, 1.82) is 0 Å². The highest BCUT2D eigenvalue weighted by molar-refractivity contribution is 5.71. The van der Waals surface area contributed by atoms with Gasteiger partial charge in [-0.25, -0.2) is 0 Å². The summed E-state index contributed by atoms with van der Waals surface area (Å²) in [5.41, 5.74) is -0.0296. The molecule has 2 N–H and O–H groups in total. The molecular weight excluding hydrogens is 373 g/mol. The summed E-state index contributed by atoms with van der Waals surface area (Å²) >= 11 is 0. The highest BCUT2D eigenvalue weighted by Gasteiger charge is 2.32. The molecule has 1 aliphatic heterocycles. The van der Waals surface area contributed by atoms with Crippen molar-refractivity contribution >= 4 is 5.82 Å². The number of phenols is 1. The lowest BCUT2D eigenvalue weighted by molar-refractivity contribution is -0.137. The van der Waals surface area contributed by atoms with E-state index in [1.807, 2.05) is 7.05 Å². The van der Waals surface area contributed by atoms with Gasteiger partial charge < -0.3 is 20.1 Å². The number of nitrogens with one attached hydrogen (secondary N) is 1. The van der Waals surface area contributed by atoms with Crippen LogP contribution in [0.2, 0.25) is 0 Å². The number of ether oxygens (including phenoxy) is 1. The van der Waals surface area contributed by atoms with Gasteiger partial charge in [-0.3, -0.25) is 0 Å². The largest absolute Gasteiger partial charge is 0.507 e. The van der Waals surface area contributed by atoms with E-state index >= 15 is 0 Å². The molecule has 152 valence electrons. The zero-order valence-electron chi connectivity index (χ0n) is 15.8. The third-order valence-corrected chi connectivity index (χ3v) is 4.73. The van der Waals surface area contributed by atoms with Gasteiger partial charge in [0, 0.05) is 18.7 Å². The number of nitrogens with zero attached hydrogens (tertiary/aromatic N) is 3. The van der Waals surface area contributed by atoms with E-state index < -0.39 is 17.5 Å². The van der Waals surface area contributed by atoms with Crippen LogP contribution < -0.4 is 10.2 Å². The number of morpholine rings is 1. The molecule has 1 atom stereocenters. The molecule has 0 radical (unpaired) electrons. The lowest BCUT2D eigenvalue weighted by Gasteiger charge is -2.33. The van der Waals surface area contributed by atoms with Crippen LogP contribution in [0.5, 0.6) is 5.75 Å². The Balaban J connectivity index is 1.79. The molecule has 1 aliphatic rings. The van der Waals surface area contributed by atoms with E-state index in [9.17, 15) is 18.3 Å². The standard InChI is InChI=1S/C19H23F3N4O2/c1-12-9-13(19(20,21)22)10-16(27)18(12)15-3-4-17(25-24-15)26-7-8-28-14(11-26)5-6-23-2/h3-4,9-10,14,23,27H,5-8,11H2,1-2H3/t14-/m0/s1. The van der Waals surface area contributed by atoms with Gasteiger partial charge in [-0.1, -0.05) is 0 Å². The summed E-state index contributed by atoms with van der Waals surface area (Å²) < 4.78 is 44.4. The molecular formula is C19H23F3N4O2. The van der Waals surface area contributed by atoms with Crippen LogP contribution in [0.1, 0.15) is 17.5 Å². The van der Waals surface area contributed by atoms with Crippen LogP contribution >= 0.6 is 0 Å². The Labute approximate surface area is 161 Å². The first kappa shape index (κ1) is 20.3. The lowest BCUT2D eigenvalue weighted by Crippen LogP contribution is -2.43. The molecule has 2 aromatic rings. The Bertz CT molecular complexity index is 789. The molecule has 0 spiro atoms. The Morgan fingerprint density at radius 2 is 2.07 bits per heavy atom. The number of hydrogen-bond acceptors (Lipinski definition) is 6. The first-order chi connectivity index (χ1) is 13.3. The van der Waals surface area contributed by atoms with E-state index in [4.69, 9.17) is 4.74 Å². The van der Waals surface area contributed by atoms with Gasteiger partial charge in [0.05, 0.1) is 24.0 Å². The maximum absolute atomic E-state index is 12.9. The number of aromatic hydroxyl groups is 1. The van der Waals surface area contributed by atoms with Crippen molar-refractivity contribution in [2.24, 2.45) is 0 Å². The van der Waals surface area contributed by atoms with Gasteiger partial charge >= 0.3 is 6.18 Å². The van der Waals surface area contributed by atoms with Gasteiger partial charge in [0.1, 0.15) is 5.75 Å². The number of rotatable bonds is 5. The fourth-order valence-corrected chi connectivity index (χ4v) is 3.30. The Kier molecular flexibility index (Phi) is 6.04. The minimum atomic E-state index is -4.52. The summed E-state index contributed by atoms with van der Waals surface area (Å²) in [6, 6.07) is 5.14. The number of anilines is 1. The SMILES string of the molecule is CNCC[C@H]1CN(c2ccc(-c3c(C)cc(C(F)(F)F)cc3O)nn2)CCO1. The lowest BCUT2D eigenvalue weighted by atomic mass is 10.0. The Morgan fingerprint density at radius 1 is 1.29 bits per heavy atom. The normalized spacial score (nSPS) is 17.8. The molecule has 0 amide bonds. The van der Waals surface area contributed by atoms with Gasteiger partial charge in [0.15, 0.2) is 5.82 Å². The summed E-state index contributed by atoms with van der Waals surface area (Å²) in [4.78, 5) is 2.07. The molecule has 0 unspecified atom stereocenters. The number of phenolic OH excluding ortho intramolecular Hbond substituents is 1. The molecule has 0 saturated carbocycles. The van der Waals surface area contributed by atoms with Crippen molar-refractivity contribution in [1.82, 2.24) is 15.5 Å². The first-order valence-electron chi connectivity index (χ1n) is 9.05. The number of aromatic nitrogens is 2.